The van der Waals surface area contributed by atoms with E-state index >= 15 is 0 Å². The zero-order chi connectivity index (χ0) is 13.8. The molecule has 2 nitrogen and oxygen atoms in total. The Morgan fingerprint density at radius 2 is 2.06 bits per heavy atom. The van der Waals surface area contributed by atoms with Crippen molar-refractivity contribution in [3.63, 3.8) is 0 Å². The number of ether oxygens (including phenoxy) is 1. The Labute approximate surface area is 106 Å². The molecule has 1 aromatic carbocycles. The fourth-order valence-electron chi connectivity index (χ4n) is 1.29. The lowest BCUT2D eigenvalue weighted by atomic mass is 10.1. The van der Waals surface area contributed by atoms with Crippen LogP contribution in [0.1, 0.15) is 18.6 Å². The van der Waals surface area contributed by atoms with Crippen molar-refractivity contribution in [2.24, 2.45) is 0 Å². The van der Waals surface area contributed by atoms with Gasteiger partial charge in [-0.05, 0) is 30.8 Å². The fourth-order valence-corrected chi connectivity index (χ4v) is 1.69. The highest BCUT2D eigenvalue weighted by atomic mass is 32.2. The molecule has 18 heavy (non-hydrogen) atoms. The Balaban J connectivity index is 2.58. The molecule has 0 aromatic heterocycles. The maximum atomic E-state index is 13.0. The molecule has 7 heteroatoms. The summed E-state index contributed by atoms with van der Waals surface area (Å²) in [6.45, 7) is 1.25. The Kier molecular flexibility index (Phi) is 5.28. The number of aliphatic hydroxyl groups excluding tert-OH is 1. The van der Waals surface area contributed by atoms with Crippen molar-refractivity contribution < 1.29 is 27.4 Å². The van der Waals surface area contributed by atoms with Gasteiger partial charge in [-0.1, -0.05) is 0 Å². The number of halogens is 4. The van der Waals surface area contributed by atoms with Crippen molar-refractivity contribution in [1.29, 1.82) is 0 Å². The summed E-state index contributed by atoms with van der Waals surface area (Å²) in [7, 11) is 0. The lowest BCUT2D eigenvalue weighted by molar-refractivity contribution is -0.0329. The summed E-state index contributed by atoms with van der Waals surface area (Å²) < 4.78 is 53.6. The van der Waals surface area contributed by atoms with E-state index < -0.39 is 17.4 Å². The number of rotatable bonds is 5. The maximum absolute atomic E-state index is 13.0. The van der Waals surface area contributed by atoms with Gasteiger partial charge in [-0.2, -0.15) is 13.2 Å². The van der Waals surface area contributed by atoms with Crippen LogP contribution < -0.4 is 4.74 Å². The molecule has 0 radical (unpaired) electrons. The van der Waals surface area contributed by atoms with Gasteiger partial charge in [0.25, 0.3) is 0 Å². The molecule has 0 heterocycles. The third kappa shape index (κ3) is 5.14. The first kappa shape index (κ1) is 15.1. The summed E-state index contributed by atoms with van der Waals surface area (Å²) >= 11 is -0.210. The Morgan fingerprint density at radius 3 is 2.61 bits per heavy atom. The van der Waals surface area contributed by atoms with Gasteiger partial charge in [0.2, 0.25) is 0 Å². The summed E-state index contributed by atoms with van der Waals surface area (Å²) in [5.41, 5.74) is -3.97. The number of alkyl halides is 3. The van der Waals surface area contributed by atoms with Crippen LogP contribution in [-0.2, 0) is 0 Å². The van der Waals surface area contributed by atoms with Crippen LogP contribution in [0.25, 0.3) is 0 Å². The second-order valence-electron chi connectivity index (χ2n) is 3.50. The average Bonchev–Trinajstić information content (AvgIpc) is 2.22. The van der Waals surface area contributed by atoms with E-state index in [4.69, 9.17) is 4.74 Å². The number of hydrogen-bond donors (Lipinski definition) is 1. The molecule has 0 saturated heterocycles. The molecule has 0 aliphatic heterocycles. The van der Waals surface area contributed by atoms with E-state index in [0.29, 0.717) is 5.56 Å². The number of benzene rings is 1. The van der Waals surface area contributed by atoms with E-state index in [1.165, 1.54) is 13.0 Å². The Bertz CT molecular complexity index is 393. The molecule has 0 bridgehead atoms. The van der Waals surface area contributed by atoms with E-state index in [1.54, 1.807) is 0 Å². The van der Waals surface area contributed by atoms with Gasteiger partial charge in [-0.3, -0.25) is 0 Å². The molecule has 1 rings (SSSR count). The van der Waals surface area contributed by atoms with E-state index in [2.05, 4.69) is 0 Å². The molecule has 102 valence electrons. The first-order valence-electron chi connectivity index (χ1n) is 5.10. The minimum atomic E-state index is -4.31. The minimum Gasteiger partial charge on any atom is -0.492 e. The molecule has 1 N–H and O–H groups in total. The number of hydrogen-bond acceptors (Lipinski definition) is 3. The molecule has 0 spiro atoms. The SMILES string of the molecule is CC(O)c1ccc(F)cc1OCCSC(F)(F)F. The Morgan fingerprint density at radius 1 is 1.39 bits per heavy atom. The van der Waals surface area contributed by atoms with Crippen molar-refractivity contribution in [3.05, 3.63) is 29.6 Å². The smallest absolute Gasteiger partial charge is 0.441 e. The third-order valence-corrected chi connectivity index (χ3v) is 2.73. The third-order valence-electron chi connectivity index (χ3n) is 2.03. The van der Waals surface area contributed by atoms with Crippen LogP contribution in [0, 0.1) is 5.82 Å². The summed E-state index contributed by atoms with van der Waals surface area (Å²) in [6.07, 6.45) is -0.879. The van der Waals surface area contributed by atoms with Crippen molar-refractivity contribution in [2.75, 3.05) is 12.4 Å². The van der Waals surface area contributed by atoms with Gasteiger partial charge in [0.1, 0.15) is 11.6 Å². The van der Waals surface area contributed by atoms with Crippen LogP contribution >= 0.6 is 11.8 Å². The van der Waals surface area contributed by atoms with E-state index in [9.17, 15) is 22.7 Å². The summed E-state index contributed by atoms with van der Waals surface area (Å²) in [5, 5.41) is 9.39. The van der Waals surface area contributed by atoms with Crippen LogP contribution in [0.3, 0.4) is 0 Å². The van der Waals surface area contributed by atoms with Gasteiger partial charge in [-0.25, -0.2) is 4.39 Å². The van der Waals surface area contributed by atoms with Gasteiger partial charge >= 0.3 is 5.51 Å². The summed E-state index contributed by atoms with van der Waals surface area (Å²) in [5.74, 6) is -0.801. The molecule has 1 unspecified atom stereocenters. The van der Waals surface area contributed by atoms with Gasteiger partial charge in [0.05, 0.1) is 12.7 Å². The molecule has 0 amide bonds. The van der Waals surface area contributed by atoms with Crippen LogP contribution in [0.4, 0.5) is 17.6 Å². The van der Waals surface area contributed by atoms with Crippen LogP contribution in [-0.4, -0.2) is 23.0 Å². The van der Waals surface area contributed by atoms with Gasteiger partial charge in [0.15, 0.2) is 0 Å². The standard InChI is InChI=1S/C11H12F4O2S/c1-7(16)9-3-2-8(12)6-10(9)17-4-5-18-11(13,14)15/h2-3,6-7,16H,4-5H2,1H3. The first-order valence-corrected chi connectivity index (χ1v) is 6.09. The maximum Gasteiger partial charge on any atom is 0.441 e. The highest BCUT2D eigenvalue weighted by Crippen LogP contribution is 2.30. The lowest BCUT2D eigenvalue weighted by Gasteiger charge is -2.13. The molecular formula is C11H12F4O2S. The second kappa shape index (κ2) is 6.29. The molecule has 1 atom stereocenters. The largest absolute Gasteiger partial charge is 0.492 e. The Hall–Kier alpha value is -0.950. The van der Waals surface area contributed by atoms with Crippen molar-refractivity contribution in [1.82, 2.24) is 0 Å². The van der Waals surface area contributed by atoms with Crippen LogP contribution in [0.2, 0.25) is 0 Å². The zero-order valence-electron chi connectivity index (χ0n) is 9.50. The second-order valence-corrected chi connectivity index (χ2v) is 4.66. The highest BCUT2D eigenvalue weighted by molar-refractivity contribution is 8.00. The minimum absolute atomic E-state index is 0.0628. The van der Waals surface area contributed by atoms with Crippen LogP contribution in [0.15, 0.2) is 18.2 Å². The number of thioether (sulfide) groups is 1. The molecule has 0 saturated carbocycles. The average molecular weight is 284 g/mol. The van der Waals surface area contributed by atoms with Gasteiger partial charge in [-0.15, -0.1) is 0 Å². The van der Waals surface area contributed by atoms with Crippen LogP contribution in [0.5, 0.6) is 5.75 Å². The molecule has 1 aromatic rings. The molecule has 0 aliphatic rings. The number of aliphatic hydroxyl groups is 1. The molecular weight excluding hydrogens is 272 g/mol. The topological polar surface area (TPSA) is 29.5 Å². The van der Waals surface area contributed by atoms with Crippen molar-refractivity contribution in [2.45, 2.75) is 18.5 Å². The van der Waals surface area contributed by atoms with Gasteiger partial charge in [0, 0.05) is 17.4 Å². The predicted octanol–water partition coefficient (Wildman–Crippen LogP) is 3.51. The highest BCUT2D eigenvalue weighted by Gasteiger charge is 2.27. The predicted molar refractivity (Wildman–Crippen MR) is 61.0 cm³/mol. The zero-order valence-corrected chi connectivity index (χ0v) is 10.3. The van der Waals surface area contributed by atoms with E-state index in [1.807, 2.05) is 0 Å². The molecule has 0 fully saturated rings. The fraction of sp³-hybridized carbons (Fsp3) is 0.455. The first-order chi connectivity index (χ1) is 8.29. The monoisotopic (exact) mass is 284 g/mol. The van der Waals surface area contributed by atoms with Crippen molar-refractivity contribution >= 4 is 11.8 Å². The van der Waals surface area contributed by atoms with E-state index in [0.717, 1.165) is 12.1 Å². The normalized spacial score (nSPS) is 13.4. The van der Waals surface area contributed by atoms with Crippen molar-refractivity contribution in [3.8, 4) is 5.75 Å². The molecule has 0 aliphatic carbocycles. The quantitative estimate of drug-likeness (QED) is 0.662. The van der Waals surface area contributed by atoms with Gasteiger partial charge < -0.3 is 9.84 Å². The summed E-state index contributed by atoms with van der Waals surface area (Å²) in [4.78, 5) is 0. The summed E-state index contributed by atoms with van der Waals surface area (Å²) in [6, 6.07) is 3.53. The lowest BCUT2D eigenvalue weighted by Crippen LogP contribution is -2.09. The van der Waals surface area contributed by atoms with E-state index in [-0.39, 0.29) is 29.9 Å².